The van der Waals surface area contributed by atoms with Gasteiger partial charge in [0.1, 0.15) is 0 Å². The van der Waals surface area contributed by atoms with Crippen molar-refractivity contribution in [2.45, 2.75) is 32.4 Å². The third-order valence-electron chi connectivity index (χ3n) is 3.97. The first-order chi connectivity index (χ1) is 8.52. The molecule has 1 saturated heterocycles. The molecule has 1 N–H and O–H groups in total. The van der Waals surface area contributed by atoms with Crippen LogP contribution >= 0.6 is 11.6 Å². The molecule has 18 heavy (non-hydrogen) atoms. The van der Waals surface area contributed by atoms with E-state index in [0.717, 1.165) is 17.1 Å². The average molecular weight is 268 g/mol. The Hall–Kier alpha value is -1.06. The molecule has 0 saturated carbocycles. The Balaban J connectivity index is 2.18. The van der Waals surface area contributed by atoms with Gasteiger partial charge in [-0.05, 0) is 38.4 Å². The van der Waals surface area contributed by atoms with Crippen LogP contribution in [0.25, 0.3) is 0 Å². The fourth-order valence-electron chi connectivity index (χ4n) is 2.83. The molecule has 2 rings (SSSR count). The summed E-state index contributed by atoms with van der Waals surface area (Å²) in [5.41, 5.74) is 1.07. The van der Waals surface area contributed by atoms with Gasteiger partial charge in [0, 0.05) is 17.1 Å². The Kier molecular flexibility index (Phi) is 3.93. The lowest BCUT2D eigenvalue weighted by molar-refractivity contribution is -0.142. The van der Waals surface area contributed by atoms with Crippen molar-refractivity contribution in [2.24, 2.45) is 5.92 Å². The Bertz CT molecular complexity index is 449. The molecular weight excluding hydrogens is 250 g/mol. The minimum atomic E-state index is -0.698. The minimum Gasteiger partial charge on any atom is -0.481 e. The third-order valence-corrected chi connectivity index (χ3v) is 4.32. The minimum absolute atomic E-state index is 0.0498. The molecule has 3 unspecified atom stereocenters. The number of carboxylic acids is 1. The van der Waals surface area contributed by atoms with Crippen molar-refractivity contribution in [3.05, 3.63) is 34.9 Å². The first kappa shape index (κ1) is 13.4. The lowest BCUT2D eigenvalue weighted by Gasteiger charge is -2.30. The van der Waals surface area contributed by atoms with Gasteiger partial charge in [-0.2, -0.15) is 0 Å². The zero-order valence-corrected chi connectivity index (χ0v) is 11.4. The molecule has 1 aliphatic heterocycles. The van der Waals surface area contributed by atoms with Crippen LogP contribution in [-0.4, -0.2) is 28.6 Å². The average Bonchev–Trinajstić information content (AvgIpc) is 2.71. The maximum Gasteiger partial charge on any atom is 0.308 e. The number of likely N-dealkylation sites (tertiary alicyclic amines) is 1. The standard InChI is InChI=1S/C14H18ClNO2/c1-9(11-5-3-4-6-13(11)15)16-8-7-12(10(16)2)14(17)18/h3-6,9-10,12H,7-8H2,1-2H3,(H,17,18). The van der Waals surface area contributed by atoms with E-state index in [0.29, 0.717) is 6.42 Å². The van der Waals surface area contributed by atoms with E-state index in [1.165, 1.54) is 0 Å². The number of carbonyl (C=O) groups is 1. The highest BCUT2D eigenvalue weighted by atomic mass is 35.5. The molecule has 0 aliphatic carbocycles. The van der Waals surface area contributed by atoms with Gasteiger partial charge in [0.2, 0.25) is 0 Å². The molecule has 1 aromatic carbocycles. The number of hydrogen-bond acceptors (Lipinski definition) is 2. The molecule has 1 heterocycles. The van der Waals surface area contributed by atoms with Crippen LogP contribution in [0.15, 0.2) is 24.3 Å². The van der Waals surface area contributed by atoms with E-state index < -0.39 is 5.97 Å². The van der Waals surface area contributed by atoms with Crippen LogP contribution in [0.3, 0.4) is 0 Å². The molecule has 0 radical (unpaired) electrons. The van der Waals surface area contributed by atoms with Gasteiger partial charge < -0.3 is 5.11 Å². The van der Waals surface area contributed by atoms with Crippen molar-refractivity contribution < 1.29 is 9.90 Å². The van der Waals surface area contributed by atoms with Crippen LogP contribution in [-0.2, 0) is 4.79 Å². The number of carboxylic acid groups (broad SMARTS) is 1. The second-order valence-corrected chi connectivity index (χ2v) is 5.32. The molecule has 4 heteroatoms. The van der Waals surface area contributed by atoms with E-state index in [2.05, 4.69) is 11.8 Å². The van der Waals surface area contributed by atoms with Crippen molar-refractivity contribution in [3.63, 3.8) is 0 Å². The summed E-state index contributed by atoms with van der Waals surface area (Å²) < 4.78 is 0. The molecule has 0 aromatic heterocycles. The van der Waals surface area contributed by atoms with Gasteiger partial charge in [-0.1, -0.05) is 29.8 Å². The van der Waals surface area contributed by atoms with Crippen LogP contribution in [0.4, 0.5) is 0 Å². The van der Waals surface area contributed by atoms with Crippen molar-refractivity contribution in [1.82, 2.24) is 4.90 Å². The highest BCUT2D eigenvalue weighted by Crippen LogP contribution is 2.35. The molecule has 1 fully saturated rings. The van der Waals surface area contributed by atoms with Gasteiger partial charge in [0.25, 0.3) is 0 Å². The van der Waals surface area contributed by atoms with Crippen molar-refractivity contribution in [3.8, 4) is 0 Å². The quantitative estimate of drug-likeness (QED) is 0.914. The Morgan fingerprint density at radius 1 is 1.50 bits per heavy atom. The third kappa shape index (κ3) is 2.38. The van der Waals surface area contributed by atoms with Gasteiger partial charge >= 0.3 is 5.97 Å². The summed E-state index contributed by atoms with van der Waals surface area (Å²) in [7, 11) is 0. The zero-order valence-electron chi connectivity index (χ0n) is 10.6. The normalized spacial score (nSPS) is 26.2. The van der Waals surface area contributed by atoms with Crippen molar-refractivity contribution in [2.75, 3.05) is 6.54 Å². The Morgan fingerprint density at radius 3 is 2.72 bits per heavy atom. The van der Waals surface area contributed by atoms with Gasteiger partial charge in [-0.25, -0.2) is 0 Å². The summed E-state index contributed by atoms with van der Waals surface area (Å²) in [4.78, 5) is 13.4. The topological polar surface area (TPSA) is 40.5 Å². The highest BCUT2D eigenvalue weighted by molar-refractivity contribution is 6.31. The van der Waals surface area contributed by atoms with E-state index in [1.54, 1.807) is 0 Å². The lowest BCUT2D eigenvalue weighted by Crippen LogP contribution is -2.35. The second-order valence-electron chi connectivity index (χ2n) is 4.91. The molecule has 1 aliphatic rings. The monoisotopic (exact) mass is 267 g/mol. The van der Waals surface area contributed by atoms with E-state index in [-0.39, 0.29) is 18.0 Å². The zero-order chi connectivity index (χ0) is 13.3. The molecule has 3 atom stereocenters. The summed E-state index contributed by atoms with van der Waals surface area (Å²) in [5.74, 6) is -0.966. The lowest BCUT2D eigenvalue weighted by atomic mass is 10.0. The molecule has 3 nitrogen and oxygen atoms in total. The summed E-state index contributed by atoms with van der Waals surface area (Å²) in [6.45, 7) is 4.88. The fraction of sp³-hybridized carbons (Fsp3) is 0.500. The number of nitrogens with zero attached hydrogens (tertiary/aromatic N) is 1. The van der Waals surface area contributed by atoms with Crippen LogP contribution in [0.2, 0.25) is 5.02 Å². The first-order valence-electron chi connectivity index (χ1n) is 6.25. The van der Waals surface area contributed by atoms with Gasteiger partial charge in [-0.15, -0.1) is 0 Å². The van der Waals surface area contributed by atoms with Gasteiger partial charge in [0.15, 0.2) is 0 Å². The number of rotatable bonds is 3. The summed E-state index contributed by atoms with van der Waals surface area (Å²) in [5, 5.41) is 9.90. The molecule has 98 valence electrons. The van der Waals surface area contributed by atoms with Crippen molar-refractivity contribution in [1.29, 1.82) is 0 Å². The smallest absolute Gasteiger partial charge is 0.308 e. The van der Waals surface area contributed by atoms with E-state index in [1.807, 2.05) is 31.2 Å². The second kappa shape index (κ2) is 5.29. The number of benzene rings is 1. The van der Waals surface area contributed by atoms with E-state index in [4.69, 9.17) is 16.7 Å². The van der Waals surface area contributed by atoms with Crippen LogP contribution in [0, 0.1) is 5.92 Å². The van der Waals surface area contributed by atoms with Gasteiger partial charge in [-0.3, -0.25) is 9.69 Å². The molecule has 1 aromatic rings. The van der Waals surface area contributed by atoms with Crippen LogP contribution in [0.5, 0.6) is 0 Å². The maximum absolute atomic E-state index is 11.1. The van der Waals surface area contributed by atoms with E-state index in [9.17, 15) is 4.79 Å². The predicted octanol–water partition coefficient (Wildman–Crippen LogP) is 3.20. The Morgan fingerprint density at radius 2 is 2.17 bits per heavy atom. The molecular formula is C14H18ClNO2. The summed E-state index contributed by atoms with van der Waals surface area (Å²) >= 11 is 6.20. The number of halogens is 1. The van der Waals surface area contributed by atoms with E-state index >= 15 is 0 Å². The maximum atomic E-state index is 11.1. The summed E-state index contributed by atoms with van der Waals surface area (Å²) in [6.07, 6.45) is 0.714. The highest BCUT2D eigenvalue weighted by Gasteiger charge is 2.38. The Labute approximate surface area is 112 Å². The molecule has 0 amide bonds. The number of hydrogen-bond donors (Lipinski definition) is 1. The number of aliphatic carboxylic acids is 1. The largest absolute Gasteiger partial charge is 0.481 e. The van der Waals surface area contributed by atoms with Crippen molar-refractivity contribution >= 4 is 17.6 Å². The van der Waals surface area contributed by atoms with Gasteiger partial charge in [0.05, 0.1) is 5.92 Å². The molecule has 0 bridgehead atoms. The first-order valence-corrected chi connectivity index (χ1v) is 6.63. The predicted molar refractivity (Wildman–Crippen MR) is 71.8 cm³/mol. The molecule has 0 spiro atoms. The SMILES string of the molecule is CC(c1ccccc1Cl)N1CCC(C(=O)O)C1C. The fourth-order valence-corrected chi connectivity index (χ4v) is 3.13. The van der Waals surface area contributed by atoms with Crippen LogP contribution < -0.4 is 0 Å². The van der Waals surface area contributed by atoms with Crippen LogP contribution in [0.1, 0.15) is 31.9 Å². The summed E-state index contributed by atoms with van der Waals surface area (Å²) in [6, 6.07) is 7.96.